The van der Waals surface area contributed by atoms with E-state index >= 15 is 0 Å². The predicted octanol–water partition coefficient (Wildman–Crippen LogP) is 1.63. The molecule has 0 bridgehead atoms. The molecule has 2 rings (SSSR count). The van der Waals surface area contributed by atoms with E-state index in [9.17, 15) is 14.0 Å². The maximum atomic E-state index is 13.2. The van der Waals surface area contributed by atoms with Crippen molar-refractivity contribution in [2.45, 2.75) is 32.4 Å². The van der Waals surface area contributed by atoms with Crippen molar-refractivity contribution >= 4 is 11.9 Å². The number of nitrogens with one attached hydrogen (secondary N) is 1. The summed E-state index contributed by atoms with van der Waals surface area (Å²) in [5.74, 6) is -1.75. The molecule has 1 aliphatic rings. The van der Waals surface area contributed by atoms with Crippen LogP contribution in [0.5, 0.6) is 0 Å². The lowest BCUT2D eigenvalue weighted by Gasteiger charge is -2.32. The average Bonchev–Trinajstić information content (AvgIpc) is 2.47. The number of piperidine rings is 1. The van der Waals surface area contributed by atoms with Gasteiger partial charge in [-0.25, -0.2) is 4.39 Å². The lowest BCUT2D eigenvalue weighted by molar-refractivity contribution is -0.142. The molecule has 0 spiro atoms. The molecular weight excluding hydrogens is 287 g/mol. The number of hydrogen-bond donors (Lipinski definition) is 2. The van der Waals surface area contributed by atoms with E-state index in [1.54, 1.807) is 6.07 Å². The Balaban J connectivity index is 1.91. The van der Waals surface area contributed by atoms with Gasteiger partial charge in [-0.2, -0.15) is 0 Å². The Labute approximate surface area is 129 Å². The highest BCUT2D eigenvalue weighted by Gasteiger charge is 2.27. The Hall–Kier alpha value is -1.95. The predicted molar refractivity (Wildman–Crippen MR) is 79.6 cm³/mol. The summed E-state index contributed by atoms with van der Waals surface area (Å²) >= 11 is 0. The Bertz CT molecular complexity index is 550. The highest BCUT2D eigenvalue weighted by atomic mass is 19.1. The number of hydrogen-bond acceptors (Lipinski definition) is 3. The van der Waals surface area contributed by atoms with Crippen LogP contribution in [0.2, 0.25) is 0 Å². The number of benzene rings is 1. The molecule has 1 aliphatic heterocycles. The van der Waals surface area contributed by atoms with Crippen molar-refractivity contribution in [1.82, 2.24) is 10.2 Å². The third kappa shape index (κ3) is 4.53. The second-order valence-corrected chi connectivity index (χ2v) is 5.77. The Kier molecular flexibility index (Phi) is 5.49. The van der Waals surface area contributed by atoms with Crippen LogP contribution in [0, 0.1) is 11.7 Å². The summed E-state index contributed by atoms with van der Waals surface area (Å²) < 4.78 is 13.2. The fourth-order valence-electron chi connectivity index (χ4n) is 2.70. The number of likely N-dealkylation sites (tertiary alicyclic amines) is 1. The van der Waals surface area contributed by atoms with Crippen molar-refractivity contribution in [3.8, 4) is 0 Å². The molecule has 2 unspecified atom stereocenters. The van der Waals surface area contributed by atoms with E-state index in [2.05, 4.69) is 10.2 Å². The standard InChI is InChI=1S/C16H21FN2O3/c1-11(16(21)22)18-15(20)13-5-3-7-19(10-13)9-12-4-2-6-14(17)8-12/h2,4,6,8,11,13H,3,5,7,9-10H2,1H3,(H,18,20)(H,21,22). The fraction of sp³-hybridized carbons (Fsp3) is 0.500. The number of carbonyl (C=O) groups excluding carboxylic acids is 1. The van der Waals surface area contributed by atoms with E-state index in [0.717, 1.165) is 24.9 Å². The summed E-state index contributed by atoms with van der Waals surface area (Å²) in [6, 6.07) is 5.55. The van der Waals surface area contributed by atoms with Crippen LogP contribution in [0.1, 0.15) is 25.3 Å². The first-order chi connectivity index (χ1) is 10.5. The smallest absolute Gasteiger partial charge is 0.325 e. The molecule has 1 saturated heterocycles. The van der Waals surface area contributed by atoms with Gasteiger partial charge in [0.15, 0.2) is 0 Å². The zero-order valence-corrected chi connectivity index (χ0v) is 12.6. The SMILES string of the molecule is CC(NC(=O)C1CCCN(Cc2cccc(F)c2)C1)C(=O)O. The highest BCUT2D eigenvalue weighted by molar-refractivity contribution is 5.84. The molecule has 0 radical (unpaired) electrons. The van der Waals surface area contributed by atoms with Gasteiger partial charge in [-0.15, -0.1) is 0 Å². The topological polar surface area (TPSA) is 69.6 Å². The second kappa shape index (κ2) is 7.35. The number of nitrogens with zero attached hydrogens (tertiary/aromatic N) is 1. The first kappa shape index (κ1) is 16.4. The van der Waals surface area contributed by atoms with E-state index in [1.807, 2.05) is 6.07 Å². The molecule has 5 nitrogen and oxygen atoms in total. The van der Waals surface area contributed by atoms with Crippen molar-refractivity contribution in [3.63, 3.8) is 0 Å². The van der Waals surface area contributed by atoms with Gasteiger partial charge < -0.3 is 10.4 Å². The van der Waals surface area contributed by atoms with Crippen molar-refractivity contribution in [1.29, 1.82) is 0 Å². The van der Waals surface area contributed by atoms with E-state index in [1.165, 1.54) is 19.1 Å². The minimum atomic E-state index is -1.04. The van der Waals surface area contributed by atoms with E-state index in [-0.39, 0.29) is 17.6 Å². The van der Waals surface area contributed by atoms with E-state index in [0.29, 0.717) is 13.1 Å². The minimum Gasteiger partial charge on any atom is -0.480 e. The van der Waals surface area contributed by atoms with Crippen molar-refractivity contribution in [3.05, 3.63) is 35.6 Å². The number of carboxylic acids is 1. The lowest BCUT2D eigenvalue weighted by atomic mass is 9.96. The van der Waals surface area contributed by atoms with E-state index in [4.69, 9.17) is 5.11 Å². The summed E-state index contributed by atoms with van der Waals surface area (Å²) in [4.78, 5) is 25.0. The third-order valence-electron chi connectivity index (χ3n) is 3.90. The number of rotatable bonds is 5. The Morgan fingerprint density at radius 3 is 2.95 bits per heavy atom. The molecule has 2 N–H and O–H groups in total. The molecule has 22 heavy (non-hydrogen) atoms. The van der Waals surface area contributed by atoms with E-state index < -0.39 is 12.0 Å². The molecular formula is C16H21FN2O3. The Morgan fingerprint density at radius 1 is 1.50 bits per heavy atom. The van der Waals surface area contributed by atoms with Crippen LogP contribution in [-0.4, -0.2) is 41.0 Å². The summed E-state index contributed by atoms with van der Waals surface area (Å²) in [5, 5.41) is 11.4. The average molecular weight is 308 g/mol. The molecule has 1 amide bonds. The molecule has 0 saturated carbocycles. The van der Waals surface area contributed by atoms with Crippen LogP contribution in [0.4, 0.5) is 4.39 Å². The van der Waals surface area contributed by atoms with Crippen LogP contribution in [0.15, 0.2) is 24.3 Å². The van der Waals surface area contributed by atoms with Gasteiger partial charge in [0.05, 0.1) is 5.92 Å². The van der Waals surface area contributed by atoms with Gasteiger partial charge in [0.25, 0.3) is 0 Å². The van der Waals surface area contributed by atoms with Crippen LogP contribution >= 0.6 is 0 Å². The monoisotopic (exact) mass is 308 g/mol. The molecule has 1 aromatic rings. The highest BCUT2D eigenvalue weighted by Crippen LogP contribution is 2.19. The summed E-state index contributed by atoms with van der Waals surface area (Å²) in [7, 11) is 0. The second-order valence-electron chi connectivity index (χ2n) is 5.77. The van der Waals surface area contributed by atoms with Crippen LogP contribution in [-0.2, 0) is 16.1 Å². The van der Waals surface area contributed by atoms with Gasteiger partial charge in [-0.3, -0.25) is 14.5 Å². The molecule has 1 aromatic carbocycles. The van der Waals surface area contributed by atoms with Crippen LogP contribution in [0.3, 0.4) is 0 Å². The Morgan fingerprint density at radius 2 is 2.27 bits per heavy atom. The maximum Gasteiger partial charge on any atom is 0.325 e. The first-order valence-corrected chi connectivity index (χ1v) is 7.45. The molecule has 1 heterocycles. The number of amides is 1. The normalized spacial score (nSPS) is 20.4. The van der Waals surface area contributed by atoms with Gasteiger partial charge in [-0.05, 0) is 44.0 Å². The molecule has 120 valence electrons. The van der Waals surface area contributed by atoms with Gasteiger partial charge in [0.1, 0.15) is 11.9 Å². The third-order valence-corrected chi connectivity index (χ3v) is 3.90. The van der Waals surface area contributed by atoms with Gasteiger partial charge in [0, 0.05) is 13.1 Å². The molecule has 0 aromatic heterocycles. The molecule has 1 fully saturated rings. The van der Waals surface area contributed by atoms with Crippen molar-refractivity contribution in [2.24, 2.45) is 5.92 Å². The fourth-order valence-corrected chi connectivity index (χ4v) is 2.70. The maximum absolute atomic E-state index is 13.2. The minimum absolute atomic E-state index is 0.218. The first-order valence-electron chi connectivity index (χ1n) is 7.45. The zero-order chi connectivity index (χ0) is 16.1. The number of halogens is 1. The van der Waals surface area contributed by atoms with Crippen molar-refractivity contribution < 1.29 is 19.1 Å². The largest absolute Gasteiger partial charge is 0.480 e. The molecule has 6 heteroatoms. The van der Waals surface area contributed by atoms with Crippen LogP contribution < -0.4 is 5.32 Å². The van der Waals surface area contributed by atoms with Gasteiger partial charge >= 0.3 is 5.97 Å². The summed E-state index contributed by atoms with van der Waals surface area (Å²) in [6.45, 7) is 3.47. The molecule has 0 aliphatic carbocycles. The summed E-state index contributed by atoms with van der Waals surface area (Å²) in [6.07, 6.45) is 1.62. The van der Waals surface area contributed by atoms with Crippen LogP contribution in [0.25, 0.3) is 0 Å². The van der Waals surface area contributed by atoms with Crippen molar-refractivity contribution in [2.75, 3.05) is 13.1 Å². The molecule has 2 atom stereocenters. The number of carbonyl (C=O) groups is 2. The lowest BCUT2D eigenvalue weighted by Crippen LogP contribution is -2.47. The van der Waals surface area contributed by atoms with Gasteiger partial charge in [-0.1, -0.05) is 12.1 Å². The number of aliphatic carboxylic acids is 1. The summed E-state index contributed by atoms with van der Waals surface area (Å²) in [5.41, 5.74) is 0.875. The number of carboxylic acid groups (broad SMARTS) is 1. The van der Waals surface area contributed by atoms with Gasteiger partial charge in [0.2, 0.25) is 5.91 Å². The quantitative estimate of drug-likeness (QED) is 0.867. The zero-order valence-electron chi connectivity index (χ0n) is 12.6.